The second kappa shape index (κ2) is 8.70. The van der Waals surface area contributed by atoms with Gasteiger partial charge >= 0.3 is 5.97 Å². The zero-order valence-corrected chi connectivity index (χ0v) is 10.6. The van der Waals surface area contributed by atoms with Gasteiger partial charge in [0.2, 0.25) is 0 Å². The number of ether oxygens (including phenoxy) is 1. The molecule has 0 aromatic heterocycles. The average molecular weight is 240 g/mol. The zero-order valence-electron chi connectivity index (χ0n) is 10.6. The first-order valence-corrected chi connectivity index (χ1v) is 5.64. The largest absolute Gasteiger partial charge is 0.463 e. The predicted octanol–water partition coefficient (Wildman–Crippen LogP) is 1.78. The SMILES string of the molecule is C/C=C/C=C/[C@H](O)CC(=O)CC(=O)OC(C)C. The Morgan fingerprint density at radius 3 is 2.47 bits per heavy atom. The van der Waals surface area contributed by atoms with Crippen LogP contribution in [-0.2, 0) is 14.3 Å². The molecule has 17 heavy (non-hydrogen) atoms. The van der Waals surface area contributed by atoms with Gasteiger partial charge in [-0.05, 0) is 20.8 Å². The zero-order chi connectivity index (χ0) is 13.3. The first-order chi connectivity index (χ1) is 7.95. The number of rotatable bonds is 7. The summed E-state index contributed by atoms with van der Waals surface area (Å²) < 4.78 is 4.83. The highest BCUT2D eigenvalue weighted by Crippen LogP contribution is 2.01. The maximum atomic E-state index is 11.4. The lowest BCUT2D eigenvalue weighted by Gasteiger charge is -2.08. The summed E-state index contributed by atoms with van der Waals surface area (Å²) in [5.41, 5.74) is 0. The lowest BCUT2D eigenvalue weighted by atomic mass is 10.1. The molecule has 4 nitrogen and oxygen atoms in total. The van der Waals surface area contributed by atoms with Gasteiger partial charge in [-0.15, -0.1) is 0 Å². The monoisotopic (exact) mass is 240 g/mol. The summed E-state index contributed by atoms with van der Waals surface area (Å²) in [6, 6.07) is 0. The number of esters is 1. The minimum atomic E-state index is -0.856. The van der Waals surface area contributed by atoms with Crippen molar-refractivity contribution >= 4 is 11.8 Å². The highest BCUT2D eigenvalue weighted by atomic mass is 16.5. The van der Waals surface area contributed by atoms with Crippen LogP contribution >= 0.6 is 0 Å². The number of aliphatic hydroxyl groups excluding tert-OH is 1. The Kier molecular flexibility index (Phi) is 7.97. The number of aliphatic hydroxyl groups is 1. The van der Waals surface area contributed by atoms with E-state index >= 15 is 0 Å². The van der Waals surface area contributed by atoms with E-state index in [1.54, 1.807) is 26.0 Å². The number of Topliss-reactive ketones (excluding diaryl/α,β-unsaturated/α-hetero) is 1. The third kappa shape index (κ3) is 9.51. The Bertz CT molecular complexity index is 303. The molecule has 0 amide bonds. The fourth-order valence-electron chi connectivity index (χ4n) is 1.14. The van der Waals surface area contributed by atoms with Gasteiger partial charge in [-0.3, -0.25) is 9.59 Å². The van der Waals surface area contributed by atoms with Crippen molar-refractivity contribution in [3.63, 3.8) is 0 Å². The van der Waals surface area contributed by atoms with E-state index in [0.717, 1.165) is 0 Å². The van der Waals surface area contributed by atoms with Gasteiger partial charge in [-0.2, -0.15) is 0 Å². The molecule has 0 spiro atoms. The van der Waals surface area contributed by atoms with Crippen molar-refractivity contribution in [2.45, 2.75) is 45.8 Å². The van der Waals surface area contributed by atoms with Crippen LogP contribution in [0.2, 0.25) is 0 Å². The van der Waals surface area contributed by atoms with Crippen molar-refractivity contribution in [3.8, 4) is 0 Å². The third-order valence-corrected chi connectivity index (χ3v) is 1.78. The van der Waals surface area contributed by atoms with Gasteiger partial charge in [0.05, 0.1) is 12.2 Å². The van der Waals surface area contributed by atoms with Gasteiger partial charge in [0.1, 0.15) is 12.2 Å². The van der Waals surface area contributed by atoms with Crippen LogP contribution in [0.4, 0.5) is 0 Å². The van der Waals surface area contributed by atoms with Crippen molar-refractivity contribution < 1.29 is 19.4 Å². The number of hydrogen-bond acceptors (Lipinski definition) is 4. The van der Waals surface area contributed by atoms with E-state index in [0.29, 0.717) is 0 Å². The van der Waals surface area contributed by atoms with Crippen LogP contribution in [0.25, 0.3) is 0 Å². The molecule has 0 saturated carbocycles. The maximum Gasteiger partial charge on any atom is 0.313 e. The van der Waals surface area contributed by atoms with Gasteiger partial charge in [0.15, 0.2) is 0 Å². The van der Waals surface area contributed by atoms with E-state index in [9.17, 15) is 14.7 Å². The van der Waals surface area contributed by atoms with E-state index < -0.39 is 12.1 Å². The second-order valence-electron chi connectivity index (χ2n) is 3.94. The Labute approximate surface area is 102 Å². The molecule has 0 fully saturated rings. The highest BCUT2D eigenvalue weighted by molar-refractivity contribution is 5.95. The van der Waals surface area contributed by atoms with Crippen LogP contribution < -0.4 is 0 Å². The van der Waals surface area contributed by atoms with Crippen LogP contribution in [0, 0.1) is 0 Å². The normalized spacial score (nSPS) is 13.5. The molecule has 0 saturated heterocycles. The summed E-state index contributed by atoms with van der Waals surface area (Å²) in [6.45, 7) is 5.29. The maximum absolute atomic E-state index is 11.4. The van der Waals surface area contributed by atoms with Crippen molar-refractivity contribution in [1.82, 2.24) is 0 Å². The molecular formula is C13H20O4. The minimum absolute atomic E-state index is 0.0682. The molecule has 4 heteroatoms. The van der Waals surface area contributed by atoms with E-state index in [2.05, 4.69) is 0 Å². The smallest absolute Gasteiger partial charge is 0.313 e. The molecule has 1 N–H and O–H groups in total. The topological polar surface area (TPSA) is 63.6 Å². The standard InChI is InChI=1S/C13H20O4/c1-4-5-6-7-11(14)8-12(15)9-13(16)17-10(2)3/h4-7,10-11,14H,8-9H2,1-3H3/b5-4+,7-6+/t11-/m0/s1. The Morgan fingerprint density at radius 1 is 1.29 bits per heavy atom. The van der Waals surface area contributed by atoms with Crippen LogP contribution in [0.1, 0.15) is 33.6 Å². The summed E-state index contributed by atoms with van der Waals surface area (Å²) in [4.78, 5) is 22.5. The minimum Gasteiger partial charge on any atom is -0.463 e. The van der Waals surface area contributed by atoms with Crippen molar-refractivity contribution in [1.29, 1.82) is 0 Å². The van der Waals surface area contributed by atoms with Crippen molar-refractivity contribution in [3.05, 3.63) is 24.3 Å². The van der Waals surface area contributed by atoms with Crippen LogP contribution in [0.3, 0.4) is 0 Å². The van der Waals surface area contributed by atoms with E-state index in [4.69, 9.17) is 4.74 Å². The molecule has 0 aromatic rings. The number of hydrogen-bond donors (Lipinski definition) is 1. The fourth-order valence-corrected chi connectivity index (χ4v) is 1.14. The number of carbonyl (C=O) groups excluding carboxylic acids is 2. The summed E-state index contributed by atoms with van der Waals surface area (Å²) >= 11 is 0. The molecule has 0 radical (unpaired) electrons. The van der Waals surface area contributed by atoms with Crippen LogP contribution in [0.15, 0.2) is 24.3 Å². The quantitative estimate of drug-likeness (QED) is 0.418. The molecule has 96 valence electrons. The molecular weight excluding hydrogens is 220 g/mol. The lowest BCUT2D eigenvalue weighted by Crippen LogP contribution is -2.18. The first kappa shape index (κ1) is 15.6. The van der Waals surface area contributed by atoms with Gasteiger partial charge in [-0.25, -0.2) is 0 Å². The third-order valence-electron chi connectivity index (χ3n) is 1.78. The molecule has 0 aromatic carbocycles. The lowest BCUT2D eigenvalue weighted by molar-refractivity contribution is -0.149. The van der Waals surface area contributed by atoms with Gasteiger partial charge in [-0.1, -0.05) is 24.3 Å². The van der Waals surface area contributed by atoms with Crippen molar-refractivity contribution in [2.75, 3.05) is 0 Å². The Hall–Kier alpha value is -1.42. The number of carbonyl (C=O) groups is 2. The first-order valence-electron chi connectivity index (χ1n) is 5.64. The molecule has 1 atom stereocenters. The van der Waals surface area contributed by atoms with Crippen LogP contribution in [-0.4, -0.2) is 29.1 Å². The molecule has 0 heterocycles. The molecule has 0 rings (SSSR count). The summed E-state index contributed by atoms with van der Waals surface area (Å²) in [7, 11) is 0. The fraction of sp³-hybridized carbons (Fsp3) is 0.538. The van der Waals surface area contributed by atoms with Crippen molar-refractivity contribution in [2.24, 2.45) is 0 Å². The average Bonchev–Trinajstić information content (AvgIpc) is 2.15. The Morgan fingerprint density at radius 2 is 1.94 bits per heavy atom. The van der Waals surface area contributed by atoms with Gasteiger partial charge in [0.25, 0.3) is 0 Å². The highest BCUT2D eigenvalue weighted by Gasteiger charge is 2.14. The second-order valence-corrected chi connectivity index (χ2v) is 3.94. The Balaban J connectivity index is 3.97. The molecule has 0 unspecified atom stereocenters. The van der Waals surface area contributed by atoms with E-state index in [-0.39, 0.29) is 24.7 Å². The summed E-state index contributed by atoms with van der Waals surface area (Å²) in [5.74, 6) is -0.872. The number of allylic oxidation sites excluding steroid dienone is 3. The number of ketones is 1. The van der Waals surface area contributed by atoms with Crippen LogP contribution in [0.5, 0.6) is 0 Å². The summed E-state index contributed by atoms with van der Waals surface area (Å²) in [6.07, 6.45) is 5.29. The summed E-state index contributed by atoms with van der Waals surface area (Å²) in [5, 5.41) is 9.45. The molecule has 0 bridgehead atoms. The predicted molar refractivity (Wildman–Crippen MR) is 65.4 cm³/mol. The van der Waals surface area contributed by atoms with E-state index in [1.807, 2.05) is 13.0 Å². The van der Waals surface area contributed by atoms with Gasteiger partial charge in [0, 0.05) is 6.42 Å². The van der Waals surface area contributed by atoms with Gasteiger partial charge < -0.3 is 9.84 Å². The molecule has 0 aliphatic rings. The van der Waals surface area contributed by atoms with E-state index in [1.165, 1.54) is 6.08 Å². The molecule has 0 aliphatic carbocycles. The molecule has 0 aliphatic heterocycles.